The molecule has 0 amide bonds. The van der Waals surface area contributed by atoms with Gasteiger partial charge in [-0.3, -0.25) is 0 Å². The van der Waals surface area contributed by atoms with Gasteiger partial charge in [-0.05, 0) is 34.7 Å². The monoisotopic (exact) mass is 363 g/mol. The number of hydrogen-bond acceptors (Lipinski definition) is 2. The molecule has 1 aromatic carbocycles. The number of oxazole rings is 1. The van der Waals surface area contributed by atoms with Crippen molar-refractivity contribution in [1.29, 1.82) is 0 Å². The van der Waals surface area contributed by atoms with E-state index in [1.165, 1.54) is 9.96 Å². The predicted octanol–water partition coefficient (Wildman–Crippen LogP) is 3.84. The molecule has 2 nitrogen and oxygen atoms in total. The number of alkyl halides is 1. The van der Waals surface area contributed by atoms with E-state index in [-0.39, 0.29) is 0 Å². The smallest absolute Gasteiger partial charge is 0.181 e. The zero-order valence-electron chi connectivity index (χ0n) is 7.21. The van der Waals surface area contributed by atoms with Crippen LogP contribution in [-0.4, -0.2) is 4.98 Å². The van der Waals surface area contributed by atoms with Crippen molar-refractivity contribution in [3.8, 4) is 11.3 Å². The Hall–Kier alpha value is -0.360. The van der Waals surface area contributed by atoms with Crippen LogP contribution in [0.4, 0.5) is 0 Å². The number of benzene rings is 1. The third kappa shape index (κ3) is 2.00. The molecule has 0 spiro atoms. The van der Waals surface area contributed by atoms with Gasteiger partial charge in [0.1, 0.15) is 0 Å². The Morgan fingerprint density at radius 1 is 1.29 bits per heavy atom. The first-order chi connectivity index (χ1) is 6.81. The van der Waals surface area contributed by atoms with E-state index in [9.17, 15) is 0 Å². The molecular formula is C10H7BrINO. The van der Waals surface area contributed by atoms with Crippen molar-refractivity contribution >= 4 is 38.5 Å². The largest absolute Gasteiger partial charge is 0.443 e. The van der Waals surface area contributed by atoms with Gasteiger partial charge in [-0.2, -0.15) is 0 Å². The van der Waals surface area contributed by atoms with Crippen LogP contribution in [0.15, 0.2) is 35.1 Å². The van der Waals surface area contributed by atoms with Crippen LogP contribution in [0.5, 0.6) is 0 Å². The van der Waals surface area contributed by atoms with Gasteiger partial charge >= 0.3 is 0 Å². The first-order valence-corrected chi connectivity index (χ1v) is 6.25. The molecule has 0 aliphatic heterocycles. The van der Waals surface area contributed by atoms with Crippen molar-refractivity contribution in [3.63, 3.8) is 0 Å². The molecule has 0 aliphatic carbocycles. The molecule has 0 saturated carbocycles. The minimum atomic E-state index is 0.713. The molecule has 72 valence electrons. The van der Waals surface area contributed by atoms with Crippen LogP contribution >= 0.6 is 38.5 Å². The topological polar surface area (TPSA) is 26.0 Å². The molecule has 0 unspecified atom stereocenters. The van der Waals surface area contributed by atoms with E-state index in [0.29, 0.717) is 5.33 Å². The number of nitrogens with zero attached hydrogens (tertiary/aromatic N) is 1. The molecule has 14 heavy (non-hydrogen) atoms. The Bertz CT molecular complexity index is 424. The lowest BCUT2D eigenvalue weighted by Gasteiger charge is -1.98. The molecule has 0 saturated heterocycles. The second-order valence-electron chi connectivity index (χ2n) is 2.77. The SMILES string of the molecule is BrCc1ncoc1-c1ccc(I)cc1. The van der Waals surface area contributed by atoms with Gasteiger partial charge in [0.2, 0.25) is 0 Å². The average Bonchev–Trinajstić information content (AvgIpc) is 2.67. The van der Waals surface area contributed by atoms with E-state index in [0.717, 1.165) is 17.0 Å². The van der Waals surface area contributed by atoms with Gasteiger partial charge in [0.05, 0.1) is 5.69 Å². The van der Waals surface area contributed by atoms with E-state index in [1.54, 1.807) is 0 Å². The van der Waals surface area contributed by atoms with Crippen LogP contribution in [0, 0.1) is 3.57 Å². The highest BCUT2D eigenvalue weighted by Crippen LogP contribution is 2.25. The summed E-state index contributed by atoms with van der Waals surface area (Å²) in [4.78, 5) is 4.12. The number of rotatable bonds is 2. The molecule has 1 aromatic heterocycles. The lowest BCUT2D eigenvalue weighted by atomic mass is 10.1. The highest BCUT2D eigenvalue weighted by Gasteiger charge is 2.08. The molecule has 1 heterocycles. The summed E-state index contributed by atoms with van der Waals surface area (Å²) in [5.74, 6) is 0.846. The van der Waals surface area contributed by atoms with Crippen molar-refractivity contribution in [2.24, 2.45) is 0 Å². The van der Waals surface area contributed by atoms with Crippen LogP contribution in [0.25, 0.3) is 11.3 Å². The van der Waals surface area contributed by atoms with Gasteiger partial charge in [-0.15, -0.1) is 0 Å². The summed E-state index contributed by atoms with van der Waals surface area (Å²) in [5, 5.41) is 0.713. The molecule has 0 N–H and O–H groups in total. The second kappa shape index (κ2) is 4.44. The fourth-order valence-electron chi connectivity index (χ4n) is 1.20. The summed E-state index contributed by atoms with van der Waals surface area (Å²) in [6.07, 6.45) is 1.48. The maximum atomic E-state index is 5.34. The Kier molecular flexibility index (Phi) is 3.22. The van der Waals surface area contributed by atoms with Gasteiger partial charge in [-0.25, -0.2) is 4.98 Å². The molecule has 0 aliphatic rings. The molecule has 0 radical (unpaired) electrons. The Morgan fingerprint density at radius 3 is 2.64 bits per heavy atom. The van der Waals surface area contributed by atoms with Gasteiger partial charge in [0, 0.05) is 14.5 Å². The van der Waals surface area contributed by atoms with E-state index in [1.807, 2.05) is 12.1 Å². The summed E-state index contributed by atoms with van der Waals surface area (Å²) in [6, 6.07) is 8.18. The first kappa shape index (κ1) is 10.2. The van der Waals surface area contributed by atoms with Gasteiger partial charge < -0.3 is 4.42 Å². The second-order valence-corrected chi connectivity index (χ2v) is 4.58. The molecule has 0 atom stereocenters. The molecule has 2 rings (SSSR count). The first-order valence-electron chi connectivity index (χ1n) is 4.05. The van der Waals surface area contributed by atoms with Crippen LogP contribution < -0.4 is 0 Å². The molecule has 4 heteroatoms. The average molecular weight is 364 g/mol. The normalized spacial score (nSPS) is 10.4. The molecule has 0 bridgehead atoms. The highest BCUT2D eigenvalue weighted by molar-refractivity contribution is 14.1. The Labute approximate surface area is 104 Å². The van der Waals surface area contributed by atoms with Gasteiger partial charge in [0.15, 0.2) is 12.2 Å². The molecular weight excluding hydrogens is 357 g/mol. The van der Waals surface area contributed by atoms with Gasteiger partial charge in [-0.1, -0.05) is 28.1 Å². The standard InChI is InChI=1S/C10H7BrINO/c11-5-9-10(14-6-13-9)7-1-3-8(12)4-2-7/h1-4,6H,5H2. The van der Waals surface area contributed by atoms with E-state index in [2.05, 4.69) is 55.6 Å². The highest BCUT2D eigenvalue weighted by atomic mass is 127. The van der Waals surface area contributed by atoms with Gasteiger partial charge in [0.25, 0.3) is 0 Å². The quantitative estimate of drug-likeness (QED) is 0.598. The minimum absolute atomic E-state index is 0.713. The van der Waals surface area contributed by atoms with Crippen LogP contribution in [0.1, 0.15) is 5.69 Å². The number of hydrogen-bond donors (Lipinski definition) is 0. The van der Waals surface area contributed by atoms with E-state index < -0.39 is 0 Å². The Balaban J connectivity index is 2.44. The van der Waals surface area contributed by atoms with Crippen molar-refractivity contribution in [2.75, 3.05) is 0 Å². The Morgan fingerprint density at radius 2 is 2.00 bits per heavy atom. The summed E-state index contributed by atoms with van der Waals surface area (Å²) in [5.41, 5.74) is 2.00. The maximum Gasteiger partial charge on any atom is 0.181 e. The van der Waals surface area contributed by atoms with Crippen molar-refractivity contribution < 1.29 is 4.42 Å². The summed E-state index contributed by atoms with van der Waals surface area (Å²) >= 11 is 5.65. The van der Waals surface area contributed by atoms with Crippen LogP contribution in [0.2, 0.25) is 0 Å². The lowest BCUT2D eigenvalue weighted by molar-refractivity contribution is 0.571. The summed E-state index contributed by atoms with van der Waals surface area (Å²) < 4.78 is 6.55. The van der Waals surface area contributed by atoms with Crippen molar-refractivity contribution in [1.82, 2.24) is 4.98 Å². The van der Waals surface area contributed by atoms with E-state index >= 15 is 0 Å². The lowest BCUT2D eigenvalue weighted by Crippen LogP contribution is -1.82. The fraction of sp³-hybridized carbons (Fsp3) is 0.100. The summed E-state index contributed by atoms with van der Waals surface area (Å²) in [7, 11) is 0. The zero-order chi connectivity index (χ0) is 9.97. The number of halogens is 2. The van der Waals surface area contributed by atoms with Crippen molar-refractivity contribution in [2.45, 2.75) is 5.33 Å². The van der Waals surface area contributed by atoms with E-state index in [4.69, 9.17) is 4.42 Å². The maximum absolute atomic E-state index is 5.34. The third-order valence-corrected chi connectivity index (χ3v) is 3.12. The third-order valence-electron chi connectivity index (χ3n) is 1.87. The molecule has 2 aromatic rings. The minimum Gasteiger partial charge on any atom is -0.443 e. The predicted molar refractivity (Wildman–Crippen MR) is 67.3 cm³/mol. The fourth-order valence-corrected chi connectivity index (χ4v) is 1.96. The zero-order valence-corrected chi connectivity index (χ0v) is 10.9. The molecule has 0 fully saturated rings. The van der Waals surface area contributed by atoms with Crippen LogP contribution in [-0.2, 0) is 5.33 Å². The van der Waals surface area contributed by atoms with Crippen LogP contribution in [0.3, 0.4) is 0 Å². The summed E-state index contributed by atoms with van der Waals surface area (Å²) in [6.45, 7) is 0. The van der Waals surface area contributed by atoms with Crippen molar-refractivity contribution in [3.05, 3.63) is 39.9 Å². The number of aromatic nitrogens is 1.